The third-order valence-corrected chi connectivity index (χ3v) is 6.22. The molecule has 6 nitrogen and oxygen atoms in total. The maximum Gasteiger partial charge on any atom is 0.166 e. The predicted molar refractivity (Wildman–Crippen MR) is 124 cm³/mol. The number of Topliss-reactive ketones (excluding diaryl/α,β-unsaturated/α-hetero) is 1. The number of para-hydroxylation sites is 1. The number of hydrogen-bond donors (Lipinski definition) is 1. The number of benzene rings is 1. The first-order chi connectivity index (χ1) is 15.8. The third-order valence-electron chi connectivity index (χ3n) is 6.22. The number of hydrogen-bond acceptors (Lipinski definition) is 5. The minimum Gasteiger partial charge on any atom is -0.353 e. The zero-order chi connectivity index (χ0) is 21.8. The van der Waals surface area contributed by atoms with Crippen LogP contribution in [0.4, 0.5) is 11.4 Å². The molecule has 1 unspecified atom stereocenters. The summed E-state index contributed by atoms with van der Waals surface area (Å²) in [5.41, 5.74) is 5.82. The summed E-state index contributed by atoms with van der Waals surface area (Å²) in [6.07, 6.45) is 9.02. The molecular weight excluding hydrogens is 402 g/mol. The van der Waals surface area contributed by atoms with Crippen molar-refractivity contribution in [1.29, 1.82) is 0 Å². The molecule has 1 atom stereocenters. The van der Waals surface area contributed by atoms with Crippen LogP contribution in [0.1, 0.15) is 48.2 Å². The zero-order valence-corrected chi connectivity index (χ0v) is 18.3. The van der Waals surface area contributed by atoms with Crippen LogP contribution in [0.25, 0.3) is 11.3 Å². The molecule has 1 fully saturated rings. The topological polar surface area (TPSA) is 65.4 Å². The van der Waals surface area contributed by atoms with Gasteiger partial charge in [-0.2, -0.15) is 0 Å². The van der Waals surface area contributed by atoms with Gasteiger partial charge in [0.15, 0.2) is 12.1 Å². The van der Waals surface area contributed by atoms with Crippen molar-refractivity contribution in [2.75, 3.05) is 18.5 Å². The second-order valence-electron chi connectivity index (χ2n) is 8.37. The van der Waals surface area contributed by atoms with Crippen LogP contribution in [0, 0.1) is 0 Å². The molecule has 32 heavy (non-hydrogen) atoms. The molecule has 6 heteroatoms. The summed E-state index contributed by atoms with van der Waals surface area (Å²) < 4.78 is 14.1. The minimum atomic E-state index is -0.122. The highest BCUT2D eigenvalue weighted by molar-refractivity contribution is 6.07. The number of pyridine rings is 1. The molecule has 1 aromatic carbocycles. The van der Waals surface area contributed by atoms with Gasteiger partial charge < -0.3 is 19.4 Å². The number of carbonyl (C=O) groups excluding carboxylic acids is 1. The van der Waals surface area contributed by atoms with Gasteiger partial charge in [0.25, 0.3) is 0 Å². The van der Waals surface area contributed by atoms with Crippen molar-refractivity contribution in [3.8, 4) is 11.3 Å². The Hall–Kier alpha value is -2.96. The smallest absolute Gasteiger partial charge is 0.166 e. The summed E-state index contributed by atoms with van der Waals surface area (Å²) in [5.74, 6) is 0.204. The molecule has 0 bridgehead atoms. The van der Waals surface area contributed by atoms with Crippen LogP contribution >= 0.6 is 0 Å². The lowest BCUT2D eigenvalue weighted by molar-refractivity contribution is -0.163. The number of ketones is 1. The summed E-state index contributed by atoms with van der Waals surface area (Å²) in [5, 5.41) is 3.56. The van der Waals surface area contributed by atoms with E-state index in [1.807, 2.05) is 42.5 Å². The normalized spacial score (nSPS) is 18.4. The molecule has 0 spiro atoms. The lowest BCUT2D eigenvalue weighted by Crippen LogP contribution is -2.24. The van der Waals surface area contributed by atoms with Crippen LogP contribution < -0.4 is 5.32 Å². The Kier molecular flexibility index (Phi) is 6.32. The summed E-state index contributed by atoms with van der Waals surface area (Å²) in [6, 6.07) is 14.0. The van der Waals surface area contributed by atoms with Crippen molar-refractivity contribution < 1.29 is 14.3 Å². The van der Waals surface area contributed by atoms with Crippen molar-refractivity contribution >= 4 is 17.2 Å². The molecule has 1 aliphatic heterocycles. The molecule has 1 N–H and O–H groups in total. The van der Waals surface area contributed by atoms with E-state index in [0.29, 0.717) is 19.6 Å². The fourth-order valence-corrected chi connectivity index (χ4v) is 4.73. The van der Waals surface area contributed by atoms with Crippen LogP contribution in [0.15, 0.2) is 54.9 Å². The van der Waals surface area contributed by atoms with Gasteiger partial charge in [-0.3, -0.25) is 9.78 Å². The van der Waals surface area contributed by atoms with Gasteiger partial charge in [0.05, 0.1) is 23.6 Å². The predicted octanol–water partition coefficient (Wildman–Crippen LogP) is 5.36. The van der Waals surface area contributed by atoms with Crippen LogP contribution in [-0.2, 0) is 22.4 Å². The number of anilines is 2. The van der Waals surface area contributed by atoms with Crippen molar-refractivity contribution in [3.63, 3.8) is 0 Å². The Balaban J connectivity index is 1.54. The van der Waals surface area contributed by atoms with Gasteiger partial charge in [0.1, 0.15) is 0 Å². The first-order valence-electron chi connectivity index (χ1n) is 11.6. The Morgan fingerprint density at radius 3 is 2.69 bits per heavy atom. The van der Waals surface area contributed by atoms with Crippen molar-refractivity contribution in [1.82, 2.24) is 9.55 Å². The number of carbonyl (C=O) groups is 1. The van der Waals surface area contributed by atoms with Gasteiger partial charge in [-0.1, -0.05) is 18.2 Å². The highest BCUT2D eigenvalue weighted by atomic mass is 16.7. The molecule has 0 saturated carbocycles. The molecule has 2 aromatic heterocycles. The first-order valence-corrected chi connectivity index (χ1v) is 11.6. The molecule has 2 aliphatic rings. The highest BCUT2D eigenvalue weighted by Gasteiger charge is 2.30. The monoisotopic (exact) mass is 431 g/mol. The molecule has 3 heterocycles. The first kappa shape index (κ1) is 20.9. The van der Waals surface area contributed by atoms with Gasteiger partial charge in [-0.05, 0) is 56.4 Å². The molecular formula is C26H29N3O3. The van der Waals surface area contributed by atoms with E-state index in [1.165, 1.54) is 0 Å². The van der Waals surface area contributed by atoms with Gasteiger partial charge in [-0.15, -0.1) is 0 Å². The van der Waals surface area contributed by atoms with Crippen LogP contribution in [-0.4, -0.2) is 34.8 Å². The van der Waals surface area contributed by atoms with E-state index in [1.54, 1.807) is 12.4 Å². The van der Waals surface area contributed by atoms with E-state index < -0.39 is 0 Å². The zero-order valence-electron chi connectivity index (χ0n) is 18.3. The molecule has 166 valence electrons. The SMILES string of the molecule is O=C1CCCc2c1c(Nc1ccccc1)c(-c1ccncc1)n2CCOC1CCCCO1. The Bertz CT molecular complexity index is 1060. The fraction of sp³-hybridized carbons (Fsp3) is 0.385. The standard InChI is InChI=1S/C26H29N3O3/c30-22-10-6-9-21-24(22)25(28-20-7-2-1-3-8-20)26(19-12-14-27-15-13-19)29(21)16-18-32-23-11-4-5-17-31-23/h1-3,7-8,12-15,23,28H,4-6,9-11,16-18H2. The average Bonchev–Trinajstić information content (AvgIpc) is 3.15. The molecule has 1 aliphatic carbocycles. The maximum absolute atomic E-state index is 13.1. The van der Waals surface area contributed by atoms with Gasteiger partial charge >= 0.3 is 0 Å². The third kappa shape index (κ3) is 4.33. The van der Waals surface area contributed by atoms with Crippen molar-refractivity contribution in [2.24, 2.45) is 0 Å². The van der Waals surface area contributed by atoms with E-state index in [0.717, 1.165) is 72.6 Å². The Morgan fingerprint density at radius 1 is 1.06 bits per heavy atom. The molecule has 3 aromatic rings. The summed E-state index contributed by atoms with van der Waals surface area (Å²) in [4.78, 5) is 17.3. The second-order valence-corrected chi connectivity index (χ2v) is 8.37. The van der Waals surface area contributed by atoms with Crippen molar-refractivity contribution in [3.05, 3.63) is 66.1 Å². The number of rotatable bonds is 7. The summed E-state index contributed by atoms with van der Waals surface area (Å²) in [7, 11) is 0. The molecule has 0 radical (unpaired) electrons. The number of nitrogens with one attached hydrogen (secondary N) is 1. The van der Waals surface area contributed by atoms with E-state index in [-0.39, 0.29) is 12.1 Å². The minimum absolute atomic E-state index is 0.122. The maximum atomic E-state index is 13.1. The summed E-state index contributed by atoms with van der Waals surface area (Å²) in [6.45, 7) is 1.98. The Labute approximate surface area is 188 Å². The second kappa shape index (κ2) is 9.67. The lowest BCUT2D eigenvalue weighted by Gasteiger charge is -2.23. The largest absolute Gasteiger partial charge is 0.353 e. The number of fused-ring (bicyclic) bond motifs is 1. The fourth-order valence-electron chi connectivity index (χ4n) is 4.73. The van der Waals surface area contributed by atoms with Gasteiger partial charge in [0, 0.05) is 48.9 Å². The van der Waals surface area contributed by atoms with Crippen LogP contribution in [0.5, 0.6) is 0 Å². The molecule has 5 rings (SSSR count). The van der Waals surface area contributed by atoms with Crippen LogP contribution in [0.3, 0.4) is 0 Å². The van der Waals surface area contributed by atoms with E-state index in [2.05, 4.69) is 14.9 Å². The van der Waals surface area contributed by atoms with E-state index in [4.69, 9.17) is 9.47 Å². The summed E-state index contributed by atoms with van der Waals surface area (Å²) >= 11 is 0. The quantitative estimate of drug-likeness (QED) is 0.546. The molecule has 0 amide bonds. The number of ether oxygens (including phenoxy) is 2. The Morgan fingerprint density at radius 2 is 1.91 bits per heavy atom. The highest BCUT2D eigenvalue weighted by Crippen LogP contribution is 2.41. The van der Waals surface area contributed by atoms with E-state index >= 15 is 0 Å². The molecule has 1 saturated heterocycles. The average molecular weight is 432 g/mol. The van der Waals surface area contributed by atoms with Gasteiger partial charge in [-0.25, -0.2) is 0 Å². The van der Waals surface area contributed by atoms with Crippen molar-refractivity contribution in [2.45, 2.75) is 51.4 Å². The number of nitrogens with zero attached hydrogens (tertiary/aromatic N) is 2. The van der Waals surface area contributed by atoms with E-state index in [9.17, 15) is 4.79 Å². The lowest BCUT2D eigenvalue weighted by atomic mass is 9.95. The van der Waals surface area contributed by atoms with Crippen LogP contribution in [0.2, 0.25) is 0 Å². The number of aromatic nitrogens is 2. The van der Waals surface area contributed by atoms with Gasteiger partial charge in [0.2, 0.25) is 0 Å².